The van der Waals surface area contributed by atoms with Crippen molar-refractivity contribution in [2.24, 2.45) is 0 Å². The maximum Gasteiger partial charge on any atom is 0.178 e. The molecule has 0 aliphatic heterocycles. The van der Waals surface area contributed by atoms with E-state index in [-0.39, 0.29) is 0 Å². The molecule has 0 aliphatic carbocycles. The highest BCUT2D eigenvalue weighted by atomic mass is 16.3. The summed E-state index contributed by atoms with van der Waals surface area (Å²) in [5.74, 6) is 8.11. The van der Waals surface area contributed by atoms with E-state index in [1.54, 1.807) is 0 Å². The molecule has 0 atom stereocenters. The average Bonchev–Trinajstić information content (AvgIpc) is 3.48. The fourth-order valence-electron chi connectivity index (χ4n) is 4.73. The van der Waals surface area contributed by atoms with Crippen LogP contribution in [0.15, 0.2) is 75.6 Å². The van der Waals surface area contributed by atoms with E-state index in [1.165, 1.54) is 51.4 Å². The molecule has 0 N–H and O–H groups in total. The predicted octanol–water partition coefficient (Wildman–Crippen LogP) is 9.42. The largest absolute Gasteiger partial charge is 0.460 e. The predicted molar refractivity (Wildman–Crippen MR) is 142 cm³/mol. The van der Waals surface area contributed by atoms with Crippen LogP contribution < -0.4 is 0 Å². The minimum Gasteiger partial charge on any atom is -0.460 e. The van der Waals surface area contributed by atoms with Crippen LogP contribution in [0.2, 0.25) is 0 Å². The molecule has 0 spiro atoms. The lowest BCUT2D eigenvalue weighted by Gasteiger charge is -2.01. The maximum absolute atomic E-state index is 6.33. The Hall–Kier alpha value is -3.44. The molecule has 3 aromatic carbocycles. The Bertz CT molecular complexity index is 1440. The molecule has 2 heterocycles. The summed E-state index contributed by atoms with van der Waals surface area (Å²) in [7, 11) is 0. The highest BCUT2D eigenvalue weighted by molar-refractivity contribution is 6.14. The summed E-state index contributed by atoms with van der Waals surface area (Å²) in [5, 5.41) is 4.40. The molecule has 172 valence electrons. The first-order valence-electron chi connectivity index (χ1n) is 12.8. The van der Waals surface area contributed by atoms with Crippen molar-refractivity contribution in [2.75, 3.05) is 0 Å². The summed E-state index contributed by atoms with van der Waals surface area (Å²) < 4.78 is 12.5. The molecule has 2 heteroatoms. The zero-order valence-electron chi connectivity index (χ0n) is 20.0. The smallest absolute Gasteiger partial charge is 0.178 e. The lowest BCUT2D eigenvalue weighted by Crippen LogP contribution is -1.84. The Morgan fingerprint density at radius 2 is 1.26 bits per heavy atom. The third kappa shape index (κ3) is 5.05. The Morgan fingerprint density at radius 3 is 2.00 bits per heavy atom. The number of benzene rings is 3. The molecule has 2 aromatic heterocycles. The van der Waals surface area contributed by atoms with E-state index in [0.717, 1.165) is 50.5 Å². The summed E-state index contributed by atoms with van der Waals surface area (Å²) >= 11 is 0. The van der Waals surface area contributed by atoms with Gasteiger partial charge in [-0.3, -0.25) is 0 Å². The Balaban J connectivity index is 1.32. The minimum atomic E-state index is 0.682. The molecule has 0 bridgehead atoms. The van der Waals surface area contributed by atoms with Crippen LogP contribution in [-0.2, 0) is 6.42 Å². The Kier molecular flexibility index (Phi) is 7.01. The highest BCUT2D eigenvalue weighted by Gasteiger charge is 2.12. The van der Waals surface area contributed by atoms with Gasteiger partial charge in [0.05, 0.1) is 0 Å². The number of unbranched alkanes of at least 4 members (excludes halogenated alkanes) is 7. The number of aryl methyl sites for hydroxylation is 1. The van der Waals surface area contributed by atoms with Crippen molar-refractivity contribution in [3.8, 4) is 11.8 Å². The summed E-state index contributed by atoms with van der Waals surface area (Å²) in [5.41, 5.74) is 2.81. The number of hydrogen-bond donors (Lipinski definition) is 0. The van der Waals surface area contributed by atoms with Crippen molar-refractivity contribution in [2.45, 2.75) is 64.7 Å². The molecule has 0 unspecified atom stereocenters. The zero-order chi connectivity index (χ0) is 23.2. The number of fused-ring (bicyclic) bond motifs is 5. The molecule has 0 radical (unpaired) electrons. The van der Waals surface area contributed by atoms with Gasteiger partial charge in [0.1, 0.15) is 16.9 Å². The Morgan fingerprint density at radius 1 is 0.618 bits per heavy atom. The van der Waals surface area contributed by atoms with Gasteiger partial charge >= 0.3 is 0 Å². The fraction of sp³-hybridized carbons (Fsp3) is 0.312. The number of rotatable bonds is 9. The van der Waals surface area contributed by atoms with Crippen LogP contribution in [0.1, 0.15) is 75.4 Å². The van der Waals surface area contributed by atoms with E-state index in [4.69, 9.17) is 8.83 Å². The second kappa shape index (κ2) is 10.7. The van der Waals surface area contributed by atoms with Crippen LogP contribution in [0.3, 0.4) is 0 Å². The van der Waals surface area contributed by atoms with Crippen LogP contribution in [0, 0.1) is 11.8 Å². The lowest BCUT2D eigenvalue weighted by molar-refractivity contribution is 0.519. The van der Waals surface area contributed by atoms with Crippen molar-refractivity contribution >= 4 is 32.7 Å². The molecule has 5 rings (SSSR count). The van der Waals surface area contributed by atoms with Crippen LogP contribution in [0.25, 0.3) is 32.7 Å². The molecule has 34 heavy (non-hydrogen) atoms. The second-order valence-electron chi connectivity index (χ2n) is 9.23. The van der Waals surface area contributed by atoms with E-state index in [1.807, 2.05) is 36.4 Å². The zero-order valence-corrected chi connectivity index (χ0v) is 20.0. The quantitative estimate of drug-likeness (QED) is 0.166. The molecule has 5 aromatic rings. The first kappa shape index (κ1) is 22.4. The summed E-state index contributed by atoms with van der Waals surface area (Å²) in [6.07, 6.45) is 11.6. The summed E-state index contributed by atoms with van der Waals surface area (Å²) in [6, 6.07) is 22.8. The van der Waals surface area contributed by atoms with E-state index in [9.17, 15) is 0 Å². The van der Waals surface area contributed by atoms with Gasteiger partial charge in [0.25, 0.3) is 0 Å². The third-order valence-electron chi connectivity index (χ3n) is 6.59. The molecule has 2 nitrogen and oxygen atoms in total. The average molecular weight is 449 g/mol. The van der Waals surface area contributed by atoms with E-state index in [2.05, 4.69) is 49.1 Å². The number of furan rings is 2. The summed E-state index contributed by atoms with van der Waals surface area (Å²) in [6.45, 7) is 2.27. The number of hydrogen-bond acceptors (Lipinski definition) is 2. The SMILES string of the molecule is CCCCCCCCCCc1cc2ccc3c(ccc4cc(C#Cc5ccccc5)oc43)c2o1. The monoisotopic (exact) mass is 448 g/mol. The van der Waals surface area contributed by atoms with Crippen molar-refractivity contribution in [3.63, 3.8) is 0 Å². The van der Waals surface area contributed by atoms with E-state index < -0.39 is 0 Å². The van der Waals surface area contributed by atoms with Gasteiger partial charge in [0.15, 0.2) is 5.76 Å². The van der Waals surface area contributed by atoms with Gasteiger partial charge < -0.3 is 8.83 Å². The van der Waals surface area contributed by atoms with Crippen molar-refractivity contribution in [1.82, 2.24) is 0 Å². The van der Waals surface area contributed by atoms with Crippen LogP contribution in [0.5, 0.6) is 0 Å². The van der Waals surface area contributed by atoms with Gasteiger partial charge in [0, 0.05) is 39.6 Å². The van der Waals surface area contributed by atoms with Crippen LogP contribution in [0.4, 0.5) is 0 Å². The first-order valence-corrected chi connectivity index (χ1v) is 12.8. The van der Waals surface area contributed by atoms with Gasteiger partial charge in [-0.1, -0.05) is 88.1 Å². The molecule has 0 amide bonds. The minimum absolute atomic E-state index is 0.682. The van der Waals surface area contributed by atoms with Crippen molar-refractivity contribution in [1.29, 1.82) is 0 Å². The van der Waals surface area contributed by atoms with Gasteiger partial charge in [0.2, 0.25) is 0 Å². The van der Waals surface area contributed by atoms with Gasteiger partial charge in [-0.05, 0) is 42.7 Å². The van der Waals surface area contributed by atoms with Crippen LogP contribution in [-0.4, -0.2) is 0 Å². The highest BCUT2D eigenvalue weighted by Crippen LogP contribution is 2.34. The lowest BCUT2D eigenvalue weighted by atomic mass is 10.1. The van der Waals surface area contributed by atoms with Gasteiger partial charge in [-0.15, -0.1) is 0 Å². The van der Waals surface area contributed by atoms with Crippen molar-refractivity contribution in [3.05, 3.63) is 83.8 Å². The molecular formula is C32H32O2. The van der Waals surface area contributed by atoms with Gasteiger partial charge in [-0.25, -0.2) is 0 Å². The molecule has 0 saturated heterocycles. The maximum atomic E-state index is 6.33. The molecule has 0 aliphatic rings. The summed E-state index contributed by atoms with van der Waals surface area (Å²) in [4.78, 5) is 0. The van der Waals surface area contributed by atoms with E-state index in [0.29, 0.717) is 5.76 Å². The van der Waals surface area contributed by atoms with E-state index >= 15 is 0 Å². The fourth-order valence-corrected chi connectivity index (χ4v) is 4.73. The van der Waals surface area contributed by atoms with Gasteiger partial charge in [-0.2, -0.15) is 0 Å². The molecule has 0 saturated carbocycles. The topological polar surface area (TPSA) is 26.3 Å². The Labute approximate surface area is 202 Å². The molecule has 0 fully saturated rings. The molecular weight excluding hydrogens is 416 g/mol. The van der Waals surface area contributed by atoms with Crippen molar-refractivity contribution < 1.29 is 8.83 Å². The first-order chi connectivity index (χ1) is 16.8. The second-order valence-corrected chi connectivity index (χ2v) is 9.23. The standard InChI is InChI=1S/C32H32O2/c1-2-3-4-5-6-7-8-12-15-27-22-25-17-20-30-29(31(25)33-27)21-18-26-23-28(34-32(26)30)19-16-24-13-10-9-11-14-24/h9-11,13-14,17-18,20-23H,2-8,12,15H2,1H3. The third-order valence-corrected chi connectivity index (χ3v) is 6.59. The normalized spacial score (nSPS) is 11.3. The van der Waals surface area contributed by atoms with Crippen LogP contribution >= 0.6 is 0 Å².